The van der Waals surface area contributed by atoms with E-state index in [-0.39, 0.29) is 22.2 Å². The predicted octanol–water partition coefficient (Wildman–Crippen LogP) is 2.68. The monoisotopic (exact) mass is 462 g/mol. The molecule has 1 aromatic carbocycles. The summed E-state index contributed by atoms with van der Waals surface area (Å²) in [6.07, 6.45) is 1.12. The molecule has 1 saturated heterocycles. The zero-order valence-electron chi connectivity index (χ0n) is 16.2. The Bertz CT molecular complexity index is 1230. The number of nitrogens with zero attached hydrogens (tertiary/aromatic N) is 2. The Hall–Kier alpha value is -2.89. The number of carbonyl (C=O) groups is 1. The molecule has 0 radical (unpaired) electrons. The van der Waals surface area contributed by atoms with Gasteiger partial charge in [-0.05, 0) is 55.3 Å². The first-order valence-electron chi connectivity index (χ1n) is 9.55. The lowest BCUT2D eigenvalue weighted by Crippen LogP contribution is -2.43. The highest BCUT2D eigenvalue weighted by Gasteiger charge is 2.34. The Morgan fingerprint density at radius 2 is 1.94 bits per heavy atom. The van der Waals surface area contributed by atoms with Crippen LogP contribution >= 0.6 is 11.3 Å². The molecule has 0 aliphatic carbocycles. The summed E-state index contributed by atoms with van der Waals surface area (Å²) in [5.74, 6) is -1.20. The van der Waals surface area contributed by atoms with Crippen molar-refractivity contribution < 1.29 is 17.6 Å². The summed E-state index contributed by atoms with van der Waals surface area (Å²) in [5, 5.41) is 8.97. The van der Waals surface area contributed by atoms with Gasteiger partial charge in [-0.3, -0.25) is 9.59 Å². The summed E-state index contributed by atoms with van der Waals surface area (Å²) in [5.41, 5.74) is 0.593. The molecule has 162 valence electrons. The van der Waals surface area contributed by atoms with E-state index in [1.165, 1.54) is 46.8 Å². The highest BCUT2D eigenvalue weighted by atomic mass is 32.2. The van der Waals surface area contributed by atoms with Crippen LogP contribution in [-0.4, -0.2) is 41.9 Å². The minimum Gasteiger partial charge on any atom is -0.326 e. The first kappa shape index (κ1) is 21.3. The molecule has 1 aliphatic rings. The maximum Gasteiger partial charge on any atom is 0.264 e. The molecule has 4 rings (SSSR count). The van der Waals surface area contributed by atoms with Crippen molar-refractivity contribution in [2.45, 2.75) is 17.1 Å². The molecule has 2 N–H and O–H groups in total. The van der Waals surface area contributed by atoms with Gasteiger partial charge in [0, 0.05) is 24.8 Å². The van der Waals surface area contributed by atoms with E-state index in [0.717, 1.165) is 11.3 Å². The quantitative estimate of drug-likeness (QED) is 0.605. The van der Waals surface area contributed by atoms with Crippen LogP contribution in [0.1, 0.15) is 12.8 Å². The van der Waals surface area contributed by atoms with Crippen LogP contribution in [0.3, 0.4) is 0 Å². The molecule has 3 aromatic rings. The molecule has 1 aliphatic heterocycles. The highest BCUT2D eigenvalue weighted by Crippen LogP contribution is 2.32. The number of rotatable bonds is 5. The van der Waals surface area contributed by atoms with Crippen molar-refractivity contribution in [1.82, 2.24) is 14.5 Å². The first-order chi connectivity index (χ1) is 14.8. The largest absolute Gasteiger partial charge is 0.326 e. The van der Waals surface area contributed by atoms with Crippen LogP contribution in [0.5, 0.6) is 0 Å². The van der Waals surface area contributed by atoms with Crippen LogP contribution in [0.15, 0.2) is 57.5 Å². The van der Waals surface area contributed by atoms with Crippen molar-refractivity contribution in [2.24, 2.45) is 5.92 Å². The summed E-state index contributed by atoms with van der Waals surface area (Å²) < 4.78 is 40.8. The summed E-state index contributed by atoms with van der Waals surface area (Å²) in [6, 6.07) is 11.4. The van der Waals surface area contributed by atoms with E-state index < -0.39 is 21.8 Å². The van der Waals surface area contributed by atoms with Gasteiger partial charge in [0.2, 0.25) is 5.91 Å². The number of H-pyrrole nitrogens is 1. The Morgan fingerprint density at radius 1 is 1.16 bits per heavy atom. The van der Waals surface area contributed by atoms with Crippen LogP contribution in [0.2, 0.25) is 0 Å². The van der Waals surface area contributed by atoms with Crippen LogP contribution in [-0.2, 0) is 14.8 Å². The normalized spacial score (nSPS) is 17.4. The van der Waals surface area contributed by atoms with E-state index in [4.69, 9.17) is 0 Å². The Morgan fingerprint density at radius 3 is 2.65 bits per heavy atom. The van der Waals surface area contributed by atoms with Gasteiger partial charge in [-0.25, -0.2) is 17.9 Å². The molecular formula is C20H19FN4O4S2. The van der Waals surface area contributed by atoms with Crippen molar-refractivity contribution in [3.8, 4) is 10.6 Å². The highest BCUT2D eigenvalue weighted by molar-refractivity contribution is 7.91. The molecular weight excluding hydrogens is 443 g/mol. The molecule has 8 nitrogen and oxygen atoms in total. The fourth-order valence-electron chi connectivity index (χ4n) is 3.36. The summed E-state index contributed by atoms with van der Waals surface area (Å²) in [6.45, 7) is 0.395. The lowest BCUT2D eigenvalue weighted by atomic mass is 9.99. The summed E-state index contributed by atoms with van der Waals surface area (Å²) in [4.78, 5) is 24.4. The molecule has 1 atom stereocenters. The lowest BCUT2D eigenvalue weighted by Gasteiger charge is -2.30. The van der Waals surface area contributed by atoms with E-state index in [0.29, 0.717) is 35.6 Å². The van der Waals surface area contributed by atoms with Gasteiger partial charge in [0.25, 0.3) is 15.6 Å². The number of halogens is 1. The number of carbonyl (C=O) groups excluding carboxylic acids is 1. The zero-order chi connectivity index (χ0) is 22.0. The van der Waals surface area contributed by atoms with Gasteiger partial charge < -0.3 is 5.32 Å². The number of hydrogen-bond acceptors (Lipinski definition) is 6. The van der Waals surface area contributed by atoms with Gasteiger partial charge in [-0.2, -0.15) is 9.40 Å². The fourth-order valence-corrected chi connectivity index (χ4v) is 6.31. The third kappa shape index (κ3) is 4.73. The number of hydrogen-bond donors (Lipinski definition) is 2. The second kappa shape index (κ2) is 8.69. The summed E-state index contributed by atoms with van der Waals surface area (Å²) in [7, 11) is -3.78. The second-order valence-electron chi connectivity index (χ2n) is 7.12. The number of anilines is 1. The molecule has 31 heavy (non-hydrogen) atoms. The minimum absolute atomic E-state index is 0.0689. The molecule has 1 amide bonds. The van der Waals surface area contributed by atoms with Crippen LogP contribution in [0.25, 0.3) is 10.6 Å². The number of amides is 1. The number of aromatic amines is 1. The predicted molar refractivity (Wildman–Crippen MR) is 115 cm³/mol. The number of nitrogens with one attached hydrogen (secondary N) is 2. The van der Waals surface area contributed by atoms with E-state index in [1.54, 1.807) is 6.07 Å². The van der Waals surface area contributed by atoms with Crippen LogP contribution < -0.4 is 10.9 Å². The summed E-state index contributed by atoms with van der Waals surface area (Å²) >= 11 is 1.06. The maximum atomic E-state index is 13.1. The molecule has 1 fully saturated rings. The fraction of sp³-hybridized carbons (Fsp3) is 0.250. The van der Waals surface area contributed by atoms with E-state index in [1.807, 2.05) is 0 Å². The molecule has 0 spiro atoms. The number of thiophene rings is 1. The molecule has 3 heterocycles. The lowest BCUT2D eigenvalue weighted by molar-refractivity contribution is -0.120. The van der Waals surface area contributed by atoms with Gasteiger partial charge >= 0.3 is 0 Å². The van der Waals surface area contributed by atoms with Gasteiger partial charge in [0.05, 0.1) is 10.8 Å². The van der Waals surface area contributed by atoms with Crippen molar-refractivity contribution in [2.75, 3.05) is 18.4 Å². The van der Waals surface area contributed by atoms with E-state index in [9.17, 15) is 22.4 Å². The topological polar surface area (TPSA) is 112 Å². The Kier molecular flexibility index (Phi) is 5.99. The van der Waals surface area contributed by atoms with E-state index >= 15 is 0 Å². The number of piperidine rings is 1. The number of sulfonamides is 1. The van der Waals surface area contributed by atoms with Crippen molar-refractivity contribution >= 4 is 33.0 Å². The van der Waals surface area contributed by atoms with Gasteiger partial charge in [-0.1, -0.05) is 0 Å². The molecule has 0 bridgehead atoms. The molecule has 2 aromatic heterocycles. The standard InChI is InChI=1S/C20H19FN4O4S2/c21-14-3-5-15(6-4-14)22-20(27)13-2-1-11-25(12-13)31(28,29)19-10-8-17(30-19)16-7-9-18(26)24-23-16/h3-10,13H,1-2,11-12H2,(H,22,27)(H,24,26). The third-order valence-electron chi connectivity index (χ3n) is 4.97. The minimum atomic E-state index is -3.78. The van der Waals surface area contributed by atoms with Crippen molar-refractivity contribution in [3.05, 3.63) is 64.7 Å². The smallest absolute Gasteiger partial charge is 0.264 e. The maximum absolute atomic E-state index is 13.1. The van der Waals surface area contributed by atoms with Gasteiger partial charge in [0.1, 0.15) is 15.7 Å². The molecule has 0 saturated carbocycles. The zero-order valence-corrected chi connectivity index (χ0v) is 17.9. The van der Waals surface area contributed by atoms with Crippen LogP contribution in [0.4, 0.5) is 10.1 Å². The van der Waals surface area contributed by atoms with Crippen molar-refractivity contribution in [3.63, 3.8) is 0 Å². The SMILES string of the molecule is O=C(Nc1ccc(F)cc1)C1CCCN(S(=O)(=O)c2ccc(-c3ccc(=O)[nH]n3)s2)C1. The van der Waals surface area contributed by atoms with Gasteiger partial charge in [-0.15, -0.1) is 11.3 Å². The van der Waals surface area contributed by atoms with Crippen LogP contribution in [0, 0.1) is 11.7 Å². The van der Waals surface area contributed by atoms with Crippen molar-refractivity contribution in [1.29, 1.82) is 0 Å². The number of aromatic nitrogens is 2. The van der Waals surface area contributed by atoms with Gasteiger partial charge in [0.15, 0.2) is 0 Å². The number of benzene rings is 1. The third-order valence-corrected chi connectivity index (χ3v) is 8.41. The molecule has 1 unspecified atom stereocenters. The van der Waals surface area contributed by atoms with E-state index in [2.05, 4.69) is 15.5 Å². The molecule has 11 heteroatoms. The average Bonchev–Trinajstić information content (AvgIpc) is 3.27. The average molecular weight is 463 g/mol. The Balaban J connectivity index is 1.48. The Labute approximate surface area is 181 Å². The first-order valence-corrected chi connectivity index (χ1v) is 11.8. The second-order valence-corrected chi connectivity index (χ2v) is 10.4.